The summed E-state index contributed by atoms with van der Waals surface area (Å²) in [5.41, 5.74) is 4.50. The number of hydrogen-bond acceptors (Lipinski definition) is 5. The molecule has 0 radical (unpaired) electrons. The van der Waals surface area contributed by atoms with Crippen LogP contribution in [0.3, 0.4) is 0 Å². The van der Waals surface area contributed by atoms with Gasteiger partial charge < -0.3 is 5.32 Å². The molecule has 0 aliphatic heterocycles. The predicted octanol–water partition coefficient (Wildman–Crippen LogP) is 3.43. The zero-order chi connectivity index (χ0) is 26.5. The Labute approximate surface area is 208 Å². The molecule has 12 heteroatoms. The van der Waals surface area contributed by atoms with Gasteiger partial charge in [0.15, 0.2) is 0 Å². The first-order valence-corrected chi connectivity index (χ1v) is 11.3. The van der Waals surface area contributed by atoms with Crippen LogP contribution < -0.4 is 11.0 Å². The lowest BCUT2D eigenvalue weighted by Gasteiger charge is -2.11. The topological polar surface area (TPSA) is 99.6 Å². The van der Waals surface area contributed by atoms with Crippen molar-refractivity contribution in [1.82, 2.24) is 34.2 Å². The second-order valence-corrected chi connectivity index (χ2v) is 8.73. The van der Waals surface area contributed by atoms with Crippen molar-refractivity contribution in [3.05, 3.63) is 70.7 Å². The number of nitrogens with zero attached hydrogens (tertiary/aromatic N) is 6. The van der Waals surface area contributed by atoms with Crippen LogP contribution in [0.4, 0.5) is 13.2 Å². The third kappa shape index (κ3) is 4.34. The van der Waals surface area contributed by atoms with Gasteiger partial charge in [0.05, 0.1) is 46.0 Å². The normalized spacial score (nSPS) is 11.9. The monoisotopic (exact) mass is 509 g/mol. The first-order chi connectivity index (χ1) is 17.5. The quantitative estimate of drug-likeness (QED) is 0.391. The van der Waals surface area contributed by atoms with E-state index in [0.29, 0.717) is 28.1 Å². The summed E-state index contributed by atoms with van der Waals surface area (Å²) in [5, 5.41) is 6.99. The lowest BCUT2D eigenvalue weighted by molar-refractivity contribution is -0.138. The molecule has 1 N–H and O–H groups in total. The number of halogens is 3. The molecule has 5 aromatic rings. The minimum atomic E-state index is -4.55. The van der Waals surface area contributed by atoms with Crippen LogP contribution in [0.15, 0.2) is 53.7 Å². The molecule has 190 valence electrons. The Morgan fingerprint density at radius 3 is 2.57 bits per heavy atom. The average Bonchev–Trinajstić information content (AvgIpc) is 3.36. The first-order valence-electron chi connectivity index (χ1n) is 11.3. The summed E-state index contributed by atoms with van der Waals surface area (Å²) in [5.74, 6) is -0.915. The Morgan fingerprint density at radius 1 is 1.05 bits per heavy atom. The van der Waals surface area contributed by atoms with E-state index in [1.807, 2.05) is 25.4 Å². The van der Waals surface area contributed by atoms with Gasteiger partial charge in [-0.15, -0.1) is 0 Å². The van der Waals surface area contributed by atoms with Crippen molar-refractivity contribution >= 4 is 27.8 Å². The van der Waals surface area contributed by atoms with Crippen molar-refractivity contribution in [2.75, 3.05) is 6.54 Å². The van der Waals surface area contributed by atoms with E-state index in [9.17, 15) is 22.8 Å². The molecule has 0 atom stereocenters. The second-order valence-electron chi connectivity index (χ2n) is 8.73. The minimum Gasteiger partial charge on any atom is -0.345 e. The molecule has 0 saturated carbocycles. The molecule has 4 aromatic heterocycles. The maximum absolute atomic E-state index is 13.5. The summed E-state index contributed by atoms with van der Waals surface area (Å²) in [6, 6.07) is 8.73. The van der Waals surface area contributed by atoms with E-state index in [1.165, 1.54) is 9.13 Å². The number of rotatable bonds is 5. The van der Waals surface area contributed by atoms with Crippen molar-refractivity contribution in [2.24, 2.45) is 7.05 Å². The third-order valence-electron chi connectivity index (χ3n) is 6.19. The molecule has 1 aromatic carbocycles. The zero-order valence-corrected chi connectivity index (χ0v) is 20.2. The van der Waals surface area contributed by atoms with E-state index < -0.39 is 30.9 Å². The van der Waals surface area contributed by atoms with Crippen LogP contribution in [0.25, 0.3) is 38.9 Å². The van der Waals surface area contributed by atoms with Gasteiger partial charge in [-0.25, -0.2) is 4.79 Å². The van der Waals surface area contributed by atoms with Crippen LogP contribution in [-0.4, -0.2) is 47.5 Å². The van der Waals surface area contributed by atoms with E-state index in [4.69, 9.17) is 4.98 Å². The van der Waals surface area contributed by atoms with Crippen LogP contribution in [0.2, 0.25) is 0 Å². The van der Waals surface area contributed by atoms with Crippen molar-refractivity contribution in [3.8, 4) is 16.9 Å². The van der Waals surface area contributed by atoms with Gasteiger partial charge in [-0.1, -0.05) is 12.1 Å². The lowest BCUT2D eigenvalue weighted by atomic mass is 10.1. The number of pyridine rings is 2. The van der Waals surface area contributed by atoms with E-state index in [1.54, 1.807) is 54.5 Å². The smallest absolute Gasteiger partial charge is 0.345 e. The van der Waals surface area contributed by atoms with Crippen molar-refractivity contribution in [1.29, 1.82) is 0 Å². The van der Waals surface area contributed by atoms with Gasteiger partial charge in [-0.05, 0) is 37.6 Å². The van der Waals surface area contributed by atoms with Gasteiger partial charge in [0.25, 0.3) is 0 Å². The highest BCUT2D eigenvalue weighted by atomic mass is 19.4. The second kappa shape index (κ2) is 8.87. The number of benzene rings is 1. The Morgan fingerprint density at radius 2 is 1.84 bits per heavy atom. The van der Waals surface area contributed by atoms with E-state index in [2.05, 4.69) is 10.1 Å². The fourth-order valence-corrected chi connectivity index (χ4v) is 4.45. The highest BCUT2D eigenvalue weighted by Crippen LogP contribution is 2.29. The summed E-state index contributed by atoms with van der Waals surface area (Å²) in [4.78, 5) is 34.8. The number of aryl methyl sites for hydroxylation is 3. The molecular formula is C25H22F3N7O2. The number of alkyl halides is 3. The molecule has 0 aliphatic carbocycles. The summed E-state index contributed by atoms with van der Waals surface area (Å²) < 4.78 is 42.0. The molecule has 37 heavy (non-hydrogen) atoms. The molecule has 0 spiro atoms. The molecule has 4 heterocycles. The number of carbonyl (C=O) groups is 1. The Balaban J connectivity index is 1.60. The summed E-state index contributed by atoms with van der Waals surface area (Å²) in [6.07, 6.45) is 0.607. The van der Waals surface area contributed by atoms with Crippen molar-refractivity contribution in [3.63, 3.8) is 0 Å². The van der Waals surface area contributed by atoms with E-state index >= 15 is 0 Å². The number of hydrogen-bond donors (Lipinski definition) is 1. The molecular weight excluding hydrogens is 487 g/mol. The maximum atomic E-state index is 13.5. The Kier molecular flexibility index (Phi) is 5.81. The third-order valence-corrected chi connectivity index (χ3v) is 6.19. The summed E-state index contributed by atoms with van der Waals surface area (Å²) in [6.45, 7) is 1.56. The first kappa shape index (κ1) is 24.2. The minimum absolute atomic E-state index is 0.431. The van der Waals surface area contributed by atoms with Gasteiger partial charge in [0.2, 0.25) is 5.91 Å². The lowest BCUT2D eigenvalue weighted by Crippen LogP contribution is -2.38. The molecule has 9 nitrogen and oxygen atoms in total. The standard InChI is InChI=1S/C25H22F3N7O2/c1-14-5-4-6-20-23(14)35(24(37)34(20)12-22(36)30-13-25(26,27)28)19-8-7-18(32-15(19)2)16-9-29-11-21-17(16)10-31-33(21)3/h4-11H,12-13H2,1-3H3,(H,30,36). The van der Waals surface area contributed by atoms with Gasteiger partial charge in [-0.2, -0.15) is 18.3 Å². The van der Waals surface area contributed by atoms with Crippen molar-refractivity contribution in [2.45, 2.75) is 26.6 Å². The zero-order valence-electron chi connectivity index (χ0n) is 20.2. The maximum Gasteiger partial charge on any atom is 0.405 e. The number of nitrogens with one attached hydrogen (secondary N) is 1. The van der Waals surface area contributed by atoms with Gasteiger partial charge >= 0.3 is 11.9 Å². The molecule has 1 amide bonds. The number of fused-ring (bicyclic) bond motifs is 2. The summed E-state index contributed by atoms with van der Waals surface area (Å²) in [7, 11) is 1.82. The molecule has 0 unspecified atom stereocenters. The van der Waals surface area contributed by atoms with Crippen molar-refractivity contribution < 1.29 is 18.0 Å². The van der Waals surface area contributed by atoms with Crippen LogP contribution in [0.1, 0.15) is 11.3 Å². The predicted molar refractivity (Wildman–Crippen MR) is 131 cm³/mol. The summed E-state index contributed by atoms with van der Waals surface area (Å²) >= 11 is 0. The average molecular weight is 509 g/mol. The van der Waals surface area contributed by atoms with Gasteiger partial charge in [0, 0.05) is 24.2 Å². The highest BCUT2D eigenvalue weighted by molar-refractivity contribution is 5.93. The van der Waals surface area contributed by atoms with Crippen LogP contribution >= 0.6 is 0 Å². The Hall–Kier alpha value is -4.48. The van der Waals surface area contributed by atoms with E-state index in [0.717, 1.165) is 22.0 Å². The number of para-hydroxylation sites is 1. The Bertz CT molecular complexity index is 1730. The molecule has 0 saturated heterocycles. The van der Waals surface area contributed by atoms with Crippen LogP contribution in [0.5, 0.6) is 0 Å². The number of amides is 1. The van der Waals surface area contributed by atoms with Gasteiger partial charge in [0.1, 0.15) is 13.1 Å². The van der Waals surface area contributed by atoms with E-state index in [-0.39, 0.29) is 0 Å². The molecule has 5 rings (SSSR count). The SMILES string of the molecule is Cc1nc(-c2cncc3c2cnn3C)ccc1-n1c(=O)n(CC(=O)NCC(F)(F)F)c2cccc(C)c21. The largest absolute Gasteiger partial charge is 0.405 e. The van der Waals surface area contributed by atoms with Crippen LogP contribution in [0, 0.1) is 13.8 Å². The fourth-order valence-electron chi connectivity index (χ4n) is 4.45. The molecule has 0 aliphatic rings. The number of carbonyl (C=O) groups excluding carboxylic acids is 1. The number of imidazole rings is 1. The highest BCUT2D eigenvalue weighted by Gasteiger charge is 2.28. The van der Waals surface area contributed by atoms with Crippen LogP contribution in [-0.2, 0) is 18.4 Å². The van der Waals surface area contributed by atoms with Gasteiger partial charge in [-0.3, -0.25) is 28.6 Å². The fraction of sp³-hybridized carbons (Fsp3) is 0.240. The number of aromatic nitrogens is 6. The molecule has 0 fully saturated rings. The molecule has 0 bridgehead atoms.